The quantitative estimate of drug-likeness (QED) is 0.865. The van der Waals surface area contributed by atoms with Gasteiger partial charge < -0.3 is 14.8 Å². The lowest BCUT2D eigenvalue weighted by molar-refractivity contribution is 0.102. The van der Waals surface area contributed by atoms with Crippen LogP contribution in [0.1, 0.15) is 15.9 Å². The third-order valence-electron chi connectivity index (χ3n) is 4.26. The molecule has 0 aliphatic carbocycles. The van der Waals surface area contributed by atoms with Crippen LogP contribution in [0.4, 0.5) is 11.4 Å². The minimum Gasteiger partial charge on any atom is -0.497 e. The molecular formula is C18H20N2O5S. The van der Waals surface area contributed by atoms with Gasteiger partial charge in [-0.15, -0.1) is 0 Å². The van der Waals surface area contributed by atoms with Gasteiger partial charge in [0.1, 0.15) is 11.5 Å². The Balaban J connectivity index is 1.88. The van der Waals surface area contributed by atoms with E-state index in [1.54, 1.807) is 43.5 Å². The molecule has 0 radical (unpaired) electrons. The van der Waals surface area contributed by atoms with Crippen LogP contribution in [0.25, 0.3) is 0 Å². The van der Waals surface area contributed by atoms with Gasteiger partial charge in [0.2, 0.25) is 10.0 Å². The summed E-state index contributed by atoms with van der Waals surface area (Å²) in [5, 5.41) is 2.79. The molecule has 0 aromatic heterocycles. The summed E-state index contributed by atoms with van der Waals surface area (Å²) < 4.78 is 35.6. The lowest BCUT2D eigenvalue weighted by Crippen LogP contribution is -2.27. The summed E-state index contributed by atoms with van der Waals surface area (Å²) in [6.07, 6.45) is 1.80. The Hall–Kier alpha value is -2.74. The standard InChI is InChI=1S/C18H20N2O5S/c1-24-14-6-7-15(17(11-14)25-2)19-18(21)13-5-4-12-8-9-20(16(12)10-13)26(3,22)23/h4-7,10-11H,8-9H2,1-3H3,(H,19,21). The average molecular weight is 376 g/mol. The zero-order valence-corrected chi connectivity index (χ0v) is 15.6. The van der Waals surface area contributed by atoms with Crippen molar-refractivity contribution in [2.75, 3.05) is 36.6 Å². The largest absolute Gasteiger partial charge is 0.497 e. The number of carbonyl (C=O) groups is 1. The summed E-state index contributed by atoms with van der Waals surface area (Å²) in [4.78, 5) is 12.6. The van der Waals surface area contributed by atoms with Gasteiger partial charge in [-0.2, -0.15) is 0 Å². The van der Waals surface area contributed by atoms with E-state index in [-0.39, 0.29) is 5.91 Å². The number of sulfonamides is 1. The van der Waals surface area contributed by atoms with Crippen molar-refractivity contribution in [1.29, 1.82) is 0 Å². The second kappa shape index (κ2) is 6.87. The Morgan fingerprint density at radius 1 is 1.12 bits per heavy atom. The van der Waals surface area contributed by atoms with Crippen molar-refractivity contribution in [3.05, 3.63) is 47.5 Å². The van der Waals surface area contributed by atoms with Gasteiger partial charge in [0, 0.05) is 18.2 Å². The first-order valence-electron chi connectivity index (χ1n) is 7.97. The summed E-state index contributed by atoms with van der Waals surface area (Å²) in [5.41, 5.74) is 2.34. The number of hydrogen-bond donors (Lipinski definition) is 1. The van der Waals surface area contributed by atoms with Crippen molar-refractivity contribution in [2.24, 2.45) is 0 Å². The predicted molar refractivity (Wildman–Crippen MR) is 99.8 cm³/mol. The van der Waals surface area contributed by atoms with Crippen LogP contribution in [0, 0.1) is 0 Å². The third kappa shape index (κ3) is 3.45. The number of fused-ring (bicyclic) bond motifs is 1. The first-order valence-corrected chi connectivity index (χ1v) is 9.82. The molecule has 3 rings (SSSR count). The van der Waals surface area contributed by atoms with Crippen LogP contribution >= 0.6 is 0 Å². The SMILES string of the molecule is COc1ccc(NC(=O)c2ccc3c(c2)N(S(C)(=O)=O)CC3)c(OC)c1. The van der Waals surface area contributed by atoms with Crippen LogP contribution in [-0.2, 0) is 16.4 Å². The second-order valence-corrected chi connectivity index (χ2v) is 7.86. The van der Waals surface area contributed by atoms with Crippen LogP contribution in [0.15, 0.2) is 36.4 Å². The van der Waals surface area contributed by atoms with Gasteiger partial charge in [0.05, 0.1) is 31.9 Å². The normalized spacial score (nSPS) is 13.3. The lowest BCUT2D eigenvalue weighted by Gasteiger charge is -2.17. The zero-order chi connectivity index (χ0) is 18.9. The molecule has 0 saturated carbocycles. The van der Waals surface area contributed by atoms with Crippen molar-refractivity contribution in [3.8, 4) is 11.5 Å². The number of nitrogens with zero attached hydrogens (tertiary/aromatic N) is 1. The number of ether oxygens (including phenoxy) is 2. The fraction of sp³-hybridized carbons (Fsp3) is 0.278. The van der Waals surface area contributed by atoms with Crippen LogP contribution < -0.4 is 19.1 Å². The second-order valence-electron chi connectivity index (χ2n) is 5.95. The molecule has 1 amide bonds. The molecule has 0 fully saturated rings. The molecule has 8 heteroatoms. The highest BCUT2D eigenvalue weighted by molar-refractivity contribution is 7.92. The summed E-state index contributed by atoms with van der Waals surface area (Å²) in [6, 6.07) is 10.2. The van der Waals surface area contributed by atoms with Crippen LogP contribution in [0.5, 0.6) is 11.5 Å². The smallest absolute Gasteiger partial charge is 0.255 e. The number of amides is 1. The lowest BCUT2D eigenvalue weighted by atomic mass is 10.1. The number of methoxy groups -OCH3 is 2. The zero-order valence-electron chi connectivity index (χ0n) is 14.8. The van der Waals surface area contributed by atoms with Gasteiger partial charge in [-0.1, -0.05) is 6.07 Å². The molecule has 1 heterocycles. The fourth-order valence-electron chi connectivity index (χ4n) is 2.93. The molecular weight excluding hydrogens is 356 g/mol. The van der Waals surface area contributed by atoms with Crippen molar-refractivity contribution in [1.82, 2.24) is 0 Å². The number of rotatable bonds is 5. The maximum Gasteiger partial charge on any atom is 0.255 e. The number of anilines is 2. The number of benzene rings is 2. The molecule has 1 aliphatic heterocycles. The molecule has 2 aromatic carbocycles. The molecule has 2 aromatic rings. The third-order valence-corrected chi connectivity index (χ3v) is 5.44. The first-order chi connectivity index (χ1) is 12.3. The maximum absolute atomic E-state index is 12.6. The average Bonchev–Trinajstić information content (AvgIpc) is 3.05. The molecule has 0 atom stereocenters. The molecule has 0 spiro atoms. The van der Waals surface area contributed by atoms with Gasteiger partial charge in [0.15, 0.2) is 0 Å². The van der Waals surface area contributed by atoms with E-state index in [1.807, 2.05) is 0 Å². The monoisotopic (exact) mass is 376 g/mol. The van der Waals surface area contributed by atoms with Crippen molar-refractivity contribution in [3.63, 3.8) is 0 Å². The highest BCUT2D eigenvalue weighted by Gasteiger charge is 2.27. The Labute approximate surface area is 152 Å². The van der Waals surface area contributed by atoms with Gasteiger partial charge >= 0.3 is 0 Å². The highest BCUT2D eigenvalue weighted by atomic mass is 32.2. The van der Waals surface area contributed by atoms with Crippen LogP contribution in [0.2, 0.25) is 0 Å². The topological polar surface area (TPSA) is 84.9 Å². The highest BCUT2D eigenvalue weighted by Crippen LogP contribution is 2.32. The first kappa shape index (κ1) is 18.1. The van der Waals surface area contributed by atoms with Gasteiger partial charge in [0.25, 0.3) is 5.91 Å². The number of carbonyl (C=O) groups excluding carboxylic acids is 1. The molecule has 1 aliphatic rings. The van der Waals surface area contributed by atoms with E-state index in [0.717, 1.165) is 11.8 Å². The van der Waals surface area contributed by atoms with Crippen LogP contribution in [0.3, 0.4) is 0 Å². The van der Waals surface area contributed by atoms with E-state index >= 15 is 0 Å². The fourth-order valence-corrected chi connectivity index (χ4v) is 3.88. The Kier molecular flexibility index (Phi) is 4.78. The predicted octanol–water partition coefficient (Wildman–Crippen LogP) is 2.28. The minimum absolute atomic E-state index is 0.350. The van der Waals surface area contributed by atoms with Gasteiger partial charge in [-0.05, 0) is 36.2 Å². The molecule has 0 unspecified atom stereocenters. The van der Waals surface area contributed by atoms with E-state index < -0.39 is 10.0 Å². The van der Waals surface area contributed by atoms with Crippen molar-refractivity contribution < 1.29 is 22.7 Å². The molecule has 138 valence electrons. The van der Waals surface area contributed by atoms with E-state index in [9.17, 15) is 13.2 Å². The van der Waals surface area contributed by atoms with E-state index in [4.69, 9.17) is 9.47 Å². The van der Waals surface area contributed by atoms with E-state index in [0.29, 0.717) is 41.4 Å². The summed E-state index contributed by atoms with van der Waals surface area (Å²) in [7, 11) is -0.317. The Bertz CT molecular complexity index is 956. The van der Waals surface area contributed by atoms with E-state index in [2.05, 4.69) is 5.32 Å². The van der Waals surface area contributed by atoms with E-state index in [1.165, 1.54) is 11.4 Å². The van der Waals surface area contributed by atoms with Gasteiger partial charge in [-0.3, -0.25) is 9.10 Å². The van der Waals surface area contributed by atoms with Crippen molar-refractivity contribution >= 4 is 27.3 Å². The molecule has 0 bridgehead atoms. The molecule has 0 saturated heterocycles. The summed E-state index contributed by atoms with van der Waals surface area (Å²) in [6.45, 7) is 0.394. The minimum atomic E-state index is -3.37. The molecule has 7 nitrogen and oxygen atoms in total. The number of nitrogens with one attached hydrogen (secondary N) is 1. The van der Waals surface area contributed by atoms with Crippen molar-refractivity contribution in [2.45, 2.75) is 6.42 Å². The maximum atomic E-state index is 12.6. The Morgan fingerprint density at radius 3 is 2.54 bits per heavy atom. The Morgan fingerprint density at radius 2 is 1.88 bits per heavy atom. The van der Waals surface area contributed by atoms with Crippen LogP contribution in [-0.4, -0.2) is 41.3 Å². The summed E-state index contributed by atoms with van der Waals surface area (Å²) in [5.74, 6) is 0.731. The molecule has 26 heavy (non-hydrogen) atoms. The summed E-state index contributed by atoms with van der Waals surface area (Å²) >= 11 is 0. The number of hydrogen-bond acceptors (Lipinski definition) is 5. The van der Waals surface area contributed by atoms with Gasteiger partial charge in [-0.25, -0.2) is 8.42 Å². The molecule has 1 N–H and O–H groups in total.